The van der Waals surface area contributed by atoms with Crippen LogP contribution in [0.5, 0.6) is 0 Å². The van der Waals surface area contributed by atoms with Crippen molar-refractivity contribution in [2.75, 3.05) is 25.4 Å². The molecule has 2 atom stereocenters. The fraction of sp³-hybridized carbons (Fsp3) is 0.571. The summed E-state index contributed by atoms with van der Waals surface area (Å²) in [5.74, 6) is 1.51. The van der Waals surface area contributed by atoms with E-state index in [-0.39, 0.29) is 5.82 Å². The van der Waals surface area contributed by atoms with E-state index in [9.17, 15) is 4.39 Å². The van der Waals surface area contributed by atoms with Crippen LogP contribution in [0.3, 0.4) is 0 Å². The molecule has 2 rings (SSSR count). The van der Waals surface area contributed by atoms with Crippen LogP contribution in [0, 0.1) is 11.7 Å². The predicted molar refractivity (Wildman–Crippen MR) is 75.3 cm³/mol. The van der Waals surface area contributed by atoms with Crippen molar-refractivity contribution in [2.45, 2.75) is 24.3 Å². The number of thioether (sulfide) groups is 1. The van der Waals surface area contributed by atoms with Gasteiger partial charge < -0.3 is 10.6 Å². The van der Waals surface area contributed by atoms with Gasteiger partial charge >= 0.3 is 0 Å². The minimum atomic E-state index is -0.171. The second-order valence-corrected chi connectivity index (χ2v) is 6.20. The molecule has 0 amide bonds. The number of nitrogens with zero attached hydrogens (tertiary/aromatic N) is 1. The monoisotopic (exact) mass is 268 g/mol. The summed E-state index contributed by atoms with van der Waals surface area (Å²) >= 11 is 1.78. The summed E-state index contributed by atoms with van der Waals surface area (Å²) in [5.41, 5.74) is 6.08. The van der Waals surface area contributed by atoms with Crippen LogP contribution in [0.4, 0.5) is 4.39 Å². The molecule has 2 unspecified atom stereocenters. The molecule has 1 aliphatic rings. The van der Waals surface area contributed by atoms with Crippen molar-refractivity contribution in [2.24, 2.45) is 11.7 Å². The van der Waals surface area contributed by atoms with E-state index in [1.807, 2.05) is 12.1 Å². The molecule has 4 heteroatoms. The van der Waals surface area contributed by atoms with Crippen molar-refractivity contribution in [3.8, 4) is 0 Å². The summed E-state index contributed by atoms with van der Waals surface area (Å²) < 4.78 is 12.7. The third-order valence-corrected chi connectivity index (χ3v) is 4.58. The molecule has 1 heterocycles. The molecule has 0 saturated carbocycles. The highest BCUT2D eigenvalue weighted by molar-refractivity contribution is 7.99. The Balaban J connectivity index is 1.71. The normalized spacial score (nSPS) is 25.3. The molecule has 0 spiro atoms. The molecule has 1 aliphatic heterocycles. The zero-order chi connectivity index (χ0) is 13.0. The van der Waals surface area contributed by atoms with Crippen LogP contribution < -0.4 is 5.73 Å². The molecule has 0 aliphatic carbocycles. The van der Waals surface area contributed by atoms with Gasteiger partial charge in [-0.1, -0.05) is 6.92 Å². The fourth-order valence-corrected chi connectivity index (χ4v) is 3.11. The lowest BCUT2D eigenvalue weighted by Gasteiger charge is -2.34. The van der Waals surface area contributed by atoms with Crippen molar-refractivity contribution in [3.63, 3.8) is 0 Å². The van der Waals surface area contributed by atoms with Crippen LogP contribution in [0.25, 0.3) is 0 Å². The molecular formula is C14H21FN2S. The average molecular weight is 268 g/mol. The lowest BCUT2D eigenvalue weighted by molar-refractivity contribution is 0.178. The van der Waals surface area contributed by atoms with Gasteiger partial charge in [-0.25, -0.2) is 4.39 Å². The van der Waals surface area contributed by atoms with Gasteiger partial charge in [0, 0.05) is 29.8 Å². The first-order valence-electron chi connectivity index (χ1n) is 6.51. The number of nitrogens with two attached hydrogens (primary N) is 1. The smallest absolute Gasteiger partial charge is 0.123 e. The Labute approximate surface area is 113 Å². The molecule has 1 fully saturated rings. The number of piperidine rings is 1. The van der Waals surface area contributed by atoms with E-state index in [1.165, 1.54) is 18.6 Å². The number of rotatable bonds is 4. The van der Waals surface area contributed by atoms with Gasteiger partial charge in [0.25, 0.3) is 0 Å². The van der Waals surface area contributed by atoms with Crippen molar-refractivity contribution in [3.05, 3.63) is 30.1 Å². The van der Waals surface area contributed by atoms with Gasteiger partial charge in [-0.2, -0.15) is 0 Å². The Hall–Kier alpha value is -0.580. The van der Waals surface area contributed by atoms with Crippen LogP contribution >= 0.6 is 11.8 Å². The molecule has 1 aromatic carbocycles. The zero-order valence-corrected chi connectivity index (χ0v) is 11.6. The molecule has 0 aromatic heterocycles. The first kappa shape index (κ1) is 13.8. The van der Waals surface area contributed by atoms with Crippen LogP contribution in [-0.4, -0.2) is 36.3 Å². The number of halogens is 1. The second kappa shape index (κ2) is 6.55. The third-order valence-electron chi connectivity index (χ3n) is 3.59. The highest BCUT2D eigenvalue weighted by Crippen LogP contribution is 2.20. The summed E-state index contributed by atoms with van der Waals surface area (Å²) in [6.45, 7) is 5.45. The lowest BCUT2D eigenvalue weighted by Crippen LogP contribution is -2.48. The number of likely N-dealkylation sites (tertiary alicyclic amines) is 1. The van der Waals surface area contributed by atoms with E-state index in [1.54, 1.807) is 11.8 Å². The topological polar surface area (TPSA) is 29.3 Å². The second-order valence-electron chi connectivity index (χ2n) is 5.03. The number of benzene rings is 1. The summed E-state index contributed by atoms with van der Waals surface area (Å²) in [4.78, 5) is 3.56. The maximum atomic E-state index is 12.7. The van der Waals surface area contributed by atoms with Gasteiger partial charge in [0.2, 0.25) is 0 Å². The highest BCUT2D eigenvalue weighted by atomic mass is 32.2. The van der Waals surface area contributed by atoms with Crippen molar-refractivity contribution in [1.82, 2.24) is 4.90 Å². The van der Waals surface area contributed by atoms with Gasteiger partial charge in [0.15, 0.2) is 0 Å². The van der Waals surface area contributed by atoms with Gasteiger partial charge in [0.05, 0.1) is 0 Å². The zero-order valence-electron chi connectivity index (χ0n) is 10.8. The third kappa shape index (κ3) is 3.97. The SMILES string of the molecule is CC1CCN(CCSc2ccc(F)cc2)CC1N. The molecule has 0 bridgehead atoms. The summed E-state index contributed by atoms with van der Waals surface area (Å²) in [7, 11) is 0. The average Bonchev–Trinajstić information content (AvgIpc) is 2.36. The van der Waals surface area contributed by atoms with E-state index in [4.69, 9.17) is 5.73 Å². The minimum Gasteiger partial charge on any atom is -0.326 e. The molecule has 2 N–H and O–H groups in total. The Bertz CT molecular complexity index is 369. The van der Waals surface area contributed by atoms with Gasteiger partial charge in [0.1, 0.15) is 5.82 Å². The van der Waals surface area contributed by atoms with E-state index < -0.39 is 0 Å². The van der Waals surface area contributed by atoms with Crippen LogP contribution in [0.2, 0.25) is 0 Å². The Morgan fingerprint density at radius 2 is 2.11 bits per heavy atom. The quantitative estimate of drug-likeness (QED) is 0.851. The first-order valence-corrected chi connectivity index (χ1v) is 7.50. The molecule has 100 valence electrons. The fourth-order valence-electron chi connectivity index (χ4n) is 2.20. The summed E-state index contributed by atoms with van der Waals surface area (Å²) in [6, 6.07) is 7.02. The van der Waals surface area contributed by atoms with Crippen molar-refractivity contribution in [1.29, 1.82) is 0 Å². The molecule has 2 nitrogen and oxygen atoms in total. The van der Waals surface area contributed by atoms with Crippen LogP contribution in [0.15, 0.2) is 29.2 Å². The van der Waals surface area contributed by atoms with E-state index in [0.29, 0.717) is 12.0 Å². The standard InChI is InChI=1S/C14H21FN2S/c1-11-6-7-17(10-14(11)16)8-9-18-13-4-2-12(15)3-5-13/h2-5,11,14H,6-10,16H2,1H3. The van der Waals surface area contributed by atoms with Gasteiger partial charge in [-0.15, -0.1) is 11.8 Å². The summed E-state index contributed by atoms with van der Waals surface area (Å²) in [5, 5.41) is 0. The molecule has 1 aromatic rings. The molecule has 18 heavy (non-hydrogen) atoms. The Morgan fingerprint density at radius 3 is 2.78 bits per heavy atom. The first-order chi connectivity index (χ1) is 8.65. The van der Waals surface area contributed by atoms with Crippen molar-refractivity contribution >= 4 is 11.8 Å². The Morgan fingerprint density at radius 1 is 1.39 bits per heavy atom. The van der Waals surface area contributed by atoms with Gasteiger partial charge in [-0.05, 0) is 43.1 Å². The number of hydrogen-bond acceptors (Lipinski definition) is 3. The molecular weight excluding hydrogens is 247 g/mol. The van der Waals surface area contributed by atoms with Crippen molar-refractivity contribution < 1.29 is 4.39 Å². The van der Waals surface area contributed by atoms with E-state index in [2.05, 4.69) is 11.8 Å². The molecule has 0 radical (unpaired) electrons. The minimum absolute atomic E-state index is 0.171. The van der Waals surface area contributed by atoms with Crippen LogP contribution in [0.1, 0.15) is 13.3 Å². The Kier molecular flexibility index (Phi) is 5.03. The predicted octanol–water partition coefficient (Wildman–Crippen LogP) is 2.59. The summed E-state index contributed by atoms with van der Waals surface area (Å²) in [6.07, 6.45) is 1.20. The maximum absolute atomic E-state index is 12.7. The lowest BCUT2D eigenvalue weighted by atomic mass is 9.94. The number of hydrogen-bond donors (Lipinski definition) is 1. The molecule has 1 saturated heterocycles. The highest BCUT2D eigenvalue weighted by Gasteiger charge is 2.22. The van der Waals surface area contributed by atoms with E-state index >= 15 is 0 Å². The van der Waals surface area contributed by atoms with Crippen LogP contribution in [-0.2, 0) is 0 Å². The van der Waals surface area contributed by atoms with E-state index in [0.717, 1.165) is 30.3 Å². The largest absolute Gasteiger partial charge is 0.326 e. The maximum Gasteiger partial charge on any atom is 0.123 e. The van der Waals surface area contributed by atoms with Gasteiger partial charge in [-0.3, -0.25) is 0 Å².